The molecule has 1 amide bonds. The Bertz CT molecular complexity index is 164. The summed E-state index contributed by atoms with van der Waals surface area (Å²) in [4.78, 5) is 10.9. The van der Waals surface area contributed by atoms with Crippen molar-refractivity contribution < 1.29 is 4.79 Å². The summed E-state index contributed by atoms with van der Waals surface area (Å²) >= 11 is 0. The Kier molecular flexibility index (Phi) is 5.37. The maximum absolute atomic E-state index is 10.9. The second-order valence-electron chi connectivity index (χ2n) is 3.10. The van der Waals surface area contributed by atoms with Crippen LogP contribution >= 0.6 is 0 Å². The molecule has 70 valence electrons. The second-order valence-corrected chi connectivity index (χ2v) is 3.10. The first-order valence-corrected chi connectivity index (χ1v) is 4.23. The molecule has 0 radical (unpaired) electrons. The first-order valence-electron chi connectivity index (χ1n) is 4.23. The highest BCUT2D eigenvalue weighted by atomic mass is 16.1. The third kappa shape index (κ3) is 4.13. The molecule has 0 rings (SSSR count). The molecule has 0 aliphatic rings. The molecule has 3 N–H and O–H groups in total. The summed E-state index contributed by atoms with van der Waals surface area (Å²) in [5.41, 5.74) is 5.19. The molecule has 3 nitrogen and oxygen atoms in total. The maximum atomic E-state index is 10.9. The van der Waals surface area contributed by atoms with Gasteiger partial charge in [-0.25, -0.2) is 0 Å². The lowest BCUT2D eigenvalue weighted by Crippen LogP contribution is -2.44. The number of amides is 1. The molecule has 0 saturated heterocycles. The van der Waals surface area contributed by atoms with Crippen molar-refractivity contribution in [2.24, 2.45) is 11.7 Å². The minimum absolute atomic E-state index is 0.221. The molecule has 0 spiro atoms. The van der Waals surface area contributed by atoms with E-state index in [0.717, 1.165) is 0 Å². The monoisotopic (exact) mass is 170 g/mol. The Morgan fingerprint density at radius 1 is 1.58 bits per heavy atom. The third-order valence-corrected chi connectivity index (χ3v) is 1.66. The van der Waals surface area contributed by atoms with Crippen molar-refractivity contribution in [2.75, 3.05) is 6.54 Å². The van der Waals surface area contributed by atoms with Gasteiger partial charge in [0.15, 0.2) is 0 Å². The van der Waals surface area contributed by atoms with Crippen molar-refractivity contribution in [1.82, 2.24) is 5.32 Å². The fourth-order valence-corrected chi connectivity index (χ4v) is 0.978. The van der Waals surface area contributed by atoms with Crippen molar-refractivity contribution in [3.63, 3.8) is 0 Å². The fraction of sp³-hybridized carbons (Fsp3) is 0.667. The van der Waals surface area contributed by atoms with Gasteiger partial charge in [-0.2, -0.15) is 0 Å². The number of hydrogen-bond donors (Lipinski definition) is 2. The molecule has 1 atom stereocenters. The number of carbonyl (C=O) groups is 1. The fourth-order valence-electron chi connectivity index (χ4n) is 0.978. The summed E-state index contributed by atoms with van der Waals surface area (Å²) in [5, 5.41) is 3.06. The second kappa shape index (κ2) is 5.77. The van der Waals surface area contributed by atoms with Gasteiger partial charge in [-0.3, -0.25) is 4.79 Å². The average molecular weight is 170 g/mol. The highest BCUT2D eigenvalue weighted by Gasteiger charge is 2.17. The molecule has 0 saturated carbocycles. The van der Waals surface area contributed by atoms with Crippen LogP contribution in [0.3, 0.4) is 0 Å². The highest BCUT2D eigenvalue weighted by Crippen LogP contribution is 1.99. The van der Waals surface area contributed by atoms with E-state index >= 15 is 0 Å². The molecular weight excluding hydrogens is 152 g/mol. The first-order chi connectivity index (χ1) is 5.59. The van der Waals surface area contributed by atoms with Crippen LogP contribution in [0.1, 0.15) is 20.8 Å². The van der Waals surface area contributed by atoms with E-state index in [1.54, 1.807) is 0 Å². The molecule has 0 heterocycles. The summed E-state index contributed by atoms with van der Waals surface area (Å²) in [6.45, 7) is 6.58. The van der Waals surface area contributed by atoms with Crippen molar-refractivity contribution in [1.29, 1.82) is 0 Å². The van der Waals surface area contributed by atoms with Crippen LogP contribution in [0.5, 0.6) is 0 Å². The van der Waals surface area contributed by atoms with Crippen LogP contribution in [0, 0.1) is 5.92 Å². The van der Waals surface area contributed by atoms with Gasteiger partial charge in [-0.1, -0.05) is 26.0 Å². The Labute approximate surface area is 74.0 Å². The zero-order valence-corrected chi connectivity index (χ0v) is 8.00. The lowest BCUT2D eigenvalue weighted by Gasteiger charge is -2.17. The van der Waals surface area contributed by atoms with E-state index in [-0.39, 0.29) is 17.9 Å². The molecule has 0 aliphatic carbocycles. The predicted octanol–water partition coefficient (Wildman–Crippen LogP) is 0.662. The topological polar surface area (TPSA) is 55.1 Å². The van der Waals surface area contributed by atoms with E-state index in [2.05, 4.69) is 5.32 Å². The van der Waals surface area contributed by atoms with E-state index in [1.165, 1.54) is 0 Å². The van der Waals surface area contributed by atoms with E-state index in [0.29, 0.717) is 6.54 Å². The Balaban J connectivity index is 3.88. The zero-order valence-electron chi connectivity index (χ0n) is 8.00. The van der Waals surface area contributed by atoms with Gasteiger partial charge in [-0.05, 0) is 12.8 Å². The SMILES string of the molecule is C/C=C/CNC(C(N)=O)C(C)C. The average Bonchev–Trinajstić information content (AvgIpc) is 1.96. The molecule has 1 unspecified atom stereocenters. The van der Waals surface area contributed by atoms with Gasteiger partial charge in [-0.15, -0.1) is 0 Å². The molecule has 0 aliphatic heterocycles. The van der Waals surface area contributed by atoms with Crippen molar-refractivity contribution >= 4 is 5.91 Å². The number of allylic oxidation sites excluding steroid dienone is 1. The smallest absolute Gasteiger partial charge is 0.234 e. The highest BCUT2D eigenvalue weighted by molar-refractivity contribution is 5.80. The van der Waals surface area contributed by atoms with Crippen LogP contribution in [-0.4, -0.2) is 18.5 Å². The standard InChI is InChI=1S/C9H18N2O/c1-4-5-6-11-8(7(2)3)9(10)12/h4-5,7-8,11H,6H2,1-3H3,(H2,10,12)/b5-4+. The van der Waals surface area contributed by atoms with E-state index < -0.39 is 0 Å². The Hall–Kier alpha value is -0.830. The van der Waals surface area contributed by atoms with Crippen LogP contribution in [0.4, 0.5) is 0 Å². The van der Waals surface area contributed by atoms with Gasteiger partial charge < -0.3 is 11.1 Å². The molecule has 12 heavy (non-hydrogen) atoms. The van der Waals surface area contributed by atoms with Crippen molar-refractivity contribution in [3.05, 3.63) is 12.2 Å². The summed E-state index contributed by atoms with van der Waals surface area (Å²) < 4.78 is 0. The minimum Gasteiger partial charge on any atom is -0.368 e. The Morgan fingerprint density at radius 3 is 2.50 bits per heavy atom. The van der Waals surface area contributed by atoms with Crippen LogP contribution in [-0.2, 0) is 4.79 Å². The predicted molar refractivity (Wildman–Crippen MR) is 50.6 cm³/mol. The lowest BCUT2D eigenvalue weighted by molar-refractivity contribution is -0.120. The van der Waals surface area contributed by atoms with Gasteiger partial charge in [0.05, 0.1) is 6.04 Å². The van der Waals surface area contributed by atoms with Crippen LogP contribution < -0.4 is 11.1 Å². The molecule has 3 heteroatoms. The molecule has 0 aromatic heterocycles. The number of primary amides is 1. The van der Waals surface area contributed by atoms with Gasteiger partial charge in [0.1, 0.15) is 0 Å². The number of carbonyl (C=O) groups excluding carboxylic acids is 1. The normalized spacial score (nSPS) is 14.0. The first kappa shape index (κ1) is 11.2. The zero-order chi connectivity index (χ0) is 9.56. The lowest BCUT2D eigenvalue weighted by atomic mass is 10.0. The molecule has 0 aromatic rings. The number of nitrogens with one attached hydrogen (secondary N) is 1. The number of nitrogens with two attached hydrogens (primary N) is 1. The van der Waals surface area contributed by atoms with Crippen LogP contribution in [0.2, 0.25) is 0 Å². The summed E-state index contributed by atoms with van der Waals surface area (Å²) in [6.07, 6.45) is 3.89. The summed E-state index contributed by atoms with van der Waals surface area (Å²) in [5.74, 6) is -0.0396. The molecule has 0 fully saturated rings. The van der Waals surface area contributed by atoms with Gasteiger partial charge in [0.25, 0.3) is 0 Å². The summed E-state index contributed by atoms with van der Waals surface area (Å²) in [7, 11) is 0. The minimum atomic E-state index is -0.283. The van der Waals surface area contributed by atoms with Gasteiger partial charge in [0.2, 0.25) is 5.91 Å². The molecule has 0 bridgehead atoms. The number of rotatable bonds is 5. The Morgan fingerprint density at radius 2 is 2.17 bits per heavy atom. The number of hydrogen-bond acceptors (Lipinski definition) is 2. The van der Waals surface area contributed by atoms with Crippen LogP contribution in [0.25, 0.3) is 0 Å². The van der Waals surface area contributed by atoms with Crippen molar-refractivity contribution in [3.8, 4) is 0 Å². The van der Waals surface area contributed by atoms with E-state index in [4.69, 9.17) is 5.73 Å². The quantitative estimate of drug-likeness (QED) is 0.596. The van der Waals surface area contributed by atoms with E-state index in [1.807, 2.05) is 32.9 Å². The van der Waals surface area contributed by atoms with Gasteiger partial charge >= 0.3 is 0 Å². The van der Waals surface area contributed by atoms with Crippen molar-refractivity contribution in [2.45, 2.75) is 26.8 Å². The molecule has 0 aromatic carbocycles. The van der Waals surface area contributed by atoms with Crippen LogP contribution in [0.15, 0.2) is 12.2 Å². The largest absolute Gasteiger partial charge is 0.368 e. The molecular formula is C9H18N2O. The third-order valence-electron chi connectivity index (χ3n) is 1.66. The maximum Gasteiger partial charge on any atom is 0.234 e. The van der Waals surface area contributed by atoms with Gasteiger partial charge in [0, 0.05) is 6.54 Å². The summed E-state index contributed by atoms with van der Waals surface area (Å²) in [6, 6.07) is -0.221. The van der Waals surface area contributed by atoms with E-state index in [9.17, 15) is 4.79 Å².